The van der Waals surface area contributed by atoms with Crippen molar-refractivity contribution in [2.24, 2.45) is 5.10 Å². The van der Waals surface area contributed by atoms with Crippen LogP contribution in [-0.2, 0) is 10.2 Å². The van der Waals surface area contributed by atoms with Gasteiger partial charge in [-0.2, -0.15) is 5.10 Å². The number of carbonyl (C=O) groups excluding carboxylic acids is 2. The van der Waals surface area contributed by atoms with E-state index in [1.807, 2.05) is 19.1 Å². The van der Waals surface area contributed by atoms with Crippen LogP contribution in [0.15, 0.2) is 53.6 Å². The van der Waals surface area contributed by atoms with Gasteiger partial charge >= 0.3 is 0 Å². The predicted octanol–water partition coefficient (Wildman–Crippen LogP) is 3.91. The van der Waals surface area contributed by atoms with Gasteiger partial charge in [0.2, 0.25) is 0 Å². The number of rotatable bonds is 5. The number of benzene rings is 2. The van der Waals surface area contributed by atoms with Gasteiger partial charge in [0.15, 0.2) is 0 Å². The van der Waals surface area contributed by atoms with Gasteiger partial charge in [0, 0.05) is 10.6 Å². The Hall–Kier alpha value is -2.66. The maximum absolute atomic E-state index is 12.0. The van der Waals surface area contributed by atoms with E-state index in [4.69, 9.17) is 11.6 Å². The van der Waals surface area contributed by atoms with Gasteiger partial charge in [0.05, 0.1) is 12.3 Å². The first-order valence-corrected chi connectivity index (χ1v) is 9.02. The first-order chi connectivity index (χ1) is 12.7. The molecule has 5 nitrogen and oxygen atoms in total. The van der Waals surface area contributed by atoms with Gasteiger partial charge in [0.25, 0.3) is 11.8 Å². The molecule has 0 aromatic heterocycles. The molecule has 0 radical (unpaired) electrons. The molecular weight excluding hydrogens is 362 g/mol. The molecule has 0 spiro atoms. The lowest BCUT2D eigenvalue weighted by atomic mass is 9.86. The van der Waals surface area contributed by atoms with E-state index in [2.05, 4.69) is 48.7 Å². The summed E-state index contributed by atoms with van der Waals surface area (Å²) in [5, 5.41) is 7.19. The normalized spacial score (nSPS) is 11.8. The highest BCUT2D eigenvalue weighted by Gasteiger charge is 2.13. The number of nitrogens with zero attached hydrogens (tertiary/aromatic N) is 1. The smallest absolute Gasteiger partial charge is 0.259 e. The second-order valence-electron chi connectivity index (χ2n) is 7.25. The minimum atomic E-state index is -0.400. The van der Waals surface area contributed by atoms with E-state index in [0.29, 0.717) is 16.3 Å². The van der Waals surface area contributed by atoms with Crippen molar-refractivity contribution in [1.29, 1.82) is 0 Å². The summed E-state index contributed by atoms with van der Waals surface area (Å²) in [5.74, 6) is -0.747. The minimum absolute atomic E-state index is 0.0834. The summed E-state index contributed by atoms with van der Waals surface area (Å²) < 4.78 is 0. The summed E-state index contributed by atoms with van der Waals surface area (Å²) in [7, 11) is 0. The van der Waals surface area contributed by atoms with Crippen LogP contribution in [0.5, 0.6) is 0 Å². The summed E-state index contributed by atoms with van der Waals surface area (Å²) in [6.07, 6.45) is 0. The molecule has 6 heteroatoms. The van der Waals surface area contributed by atoms with Crippen molar-refractivity contribution in [3.8, 4) is 0 Å². The fourth-order valence-electron chi connectivity index (χ4n) is 2.33. The second kappa shape index (κ2) is 8.82. The molecule has 2 aromatic rings. The molecule has 0 unspecified atom stereocenters. The average molecular weight is 386 g/mol. The maximum atomic E-state index is 12.0. The average Bonchev–Trinajstić information content (AvgIpc) is 2.64. The van der Waals surface area contributed by atoms with Gasteiger partial charge < -0.3 is 5.32 Å². The third-order valence-electron chi connectivity index (χ3n) is 4.03. The zero-order valence-electron chi connectivity index (χ0n) is 16.0. The zero-order chi connectivity index (χ0) is 20.0. The molecule has 0 bridgehead atoms. The summed E-state index contributed by atoms with van der Waals surface area (Å²) in [4.78, 5) is 23.9. The molecule has 0 aliphatic carbocycles. The topological polar surface area (TPSA) is 70.6 Å². The minimum Gasteiger partial charge on any atom is -0.343 e. The Kier molecular flexibility index (Phi) is 6.75. The van der Waals surface area contributed by atoms with Crippen LogP contribution in [0.3, 0.4) is 0 Å². The monoisotopic (exact) mass is 385 g/mol. The van der Waals surface area contributed by atoms with Gasteiger partial charge in [-0.05, 0) is 47.7 Å². The molecule has 2 amide bonds. The van der Waals surface area contributed by atoms with Gasteiger partial charge in [-0.3, -0.25) is 9.59 Å². The Balaban J connectivity index is 1.88. The Labute approximate surface area is 164 Å². The molecule has 0 fully saturated rings. The van der Waals surface area contributed by atoms with Crippen molar-refractivity contribution in [2.75, 3.05) is 6.54 Å². The first kappa shape index (κ1) is 20.6. The van der Waals surface area contributed by atoms with E-state index in [1.54, 1.807) is 24.3 Å². The lowest BCUT2D eigenvalue weighted by Crippen LogP contribution is -2.35. The zero-order valence-corrected chi connectivity index (χ0v) is 16.7. The number of hydrogen-bond donors (Lipinski definition) is 2. The molecule has 0 heterocycles. The second-order valence-corrected chi connectivity index (χ2v) is 7.69. The Morgan fingerprint density at radius 2 is 1.52 bits per heavy atom. The summed E-state index contributed by atoms with van der Waals surface area (Å²) in [6.45, 7) is 8.12. The third-order valence-corrected chi connectivity index (χ3v) is 4.28. The van der Waals surface area contributed by atoms with Crippen LogP contribution in [0.1, 0.15) is 49.2 Å². The molecule has 27 heavy (non-hydrogen) atoms. The van der Waals surface area contributed by atoms with E-state index >= 15 is 0 Å². The fourth-order valence-corrected chi connectivity index (χ4v) is 2.45. The number of hydrogen-bond acceptors (Lipinski definition) is 3. The number of halogens is 1. The Bertz CT molecular complexity index is 835. The van der Waals surface area contributed by atoms with Crippen LogP contribution in [0.4, 0.5) is 0 Å². The fraction of sp³-hybridized carbons (Fsp3) is 0.286. The van der Waals surface area contributed by atoms with Gasteiger partial charge in [-0.1, -0.05) is 56.6 Å². The highest BCUT2D eigenvalue weighted by molar-refractivity contribution is 6.30. The van der Waals surface area contributed by atoms with Crippen LogP contribution in [0.25, 0.3) is 0 Å². The largest absolute Gasteiger partial charge is 0.343 e. The molecule has 2 aromatic carbocycles. The Morgan fingerprint density at radius 1 is 0.963 bits per heavy atom. The van der Waals surface area contributed by atoms with Gasteiger partial charge in [0.1, 0.15) is 0 Å². The molecule has 2 N–H and O–H groups in total. The molecular formula is C21H24ClN3O2. The van der Waals surface area contributed by atoms with E-state index in [1.165, 1.54) is 5.56 Å². The van der Waals surface area contributed by atoms with Crippen LogP contribution in [-0.4, -0.2) is 24.1 Å². The molecule has 142 valence electrons. The predicted molar refractivity (Wildman–Crippen MR) is 109 cm³/mol. The summed E-state index contributed by atoms with van der Waals surface area (Å²) in [5.41, 5.74) is 5.82. The molecule has 0 aliphatic heterocycles. The van der Waals surface area contributed by atoms with E-state index in [-0.39, 0.29) is 17.9 Å². The summed E-state index contributed by atoms with van der Waals surface area (Å²) in [6, 6.07) is 14.5. The van der Waals surface area contributed by atoms with Crippen LogP contribution < -0.4 is 10.7 Å². The Morgan fingerprint density at radius 3 is 2.07 bits per heavy atom. The number of amides is 2. The van der Waals surface area contributed by atoms with Gasteiger partial charge in [-0.15, -0.1) is 0 Å². The highest BCUT2D eigenvalue weighted by Crippen LogP contribution is 2.22. The quantitative estimate of drug-likeness (QED) is 0.605. The molecule has 2 rings (SSSR count). The third kappa shape index (κ3) is 6.22. The lowest BCUT2D eigenvalue weighted by molar-refractivity contribution is -0.120. The summed E-state index contributed by atoms with van der Waals surface area (Å²) >= 11 is 5.79. The van der Waals surface area contributed by atoms with Crippen molar-refractivity contribution >= 4 is 29.1 Å². The number of carbonyl (C=O) groups is 2. The van der Waals surface area contributed by atoms with E-state index in [0.717, 1.165) is 5.56 Å². The van der Waals surface area contributed by atoms with Crippen molar-refractivity contribution in [3.05, 3.63) is 70.2 Å². The number of nitrogens with one attached hydrogen (secondary N) is 2. The molecule has 0 atom stereocenters. The van der Waals surface area contributed by atoms with Gasteiger partial charge in [-0.25, -0.2) is 5.43 Å². The number of hydrazone groups is 1. The highest BCUT2D eigenvalue weighted by atomic mass is 35.5. The van der Waals surface area contributed by atoms with Crippen LogP contribution in [0.2, 0.25) is 5.02 Å². The van der Waals surface area contributed by atoms with Crippen molar-refractivity contribution in [1.82, 2.24) is 10.7 Å². The van der Waals surface area contributed by atoms with Crippen molar-refractivity contribution in [3.63, 3.8) is 0 Å². The van der Waals surface area contributed by atoms with Crippen LogP contribution >= 0.6 is 11.6 Å². The van der Waals surface area contributed by atoms with Crippen molar-refractivity contribution in [2.45, 2.75) is 33.1 Å². The first-order valence-electron chi connectivity index (χ1n) is 8.64. The maximum Gasteiger partial charge on any atom is 0.259 e. The molecule has 0 saturated heterocycles. The molecule has 0 aliphatic rings. The van der Waals surface area contributed by atoms with E-state index < -0.39 is 5.91 Å². The standard InChI is InChI=1S/C21H24ClN3O2/c1-14(15-5-9-17(10-6-15)21(2,3)4)24-25-19(26)13-23-20(27)16-7-11-18(22)12-8-16/h5-12H,13H2,1-4H3,(H,23,27)(H,25,26)/b24-14+. The molecule has 0 saturated carbocycles. The SMILES string of the molecule is C/C(=N\NC(=O)CNC(=O)c1ccc(Cl)cc1)c1ccc(C(C)(C)C)cc1. The van der Waals surface area contributed by atoms with Crippen LogP contribution in [0, 0.1) is 0 Å². The van der Waals surface area contributed by atoms with E-state index in [9.17, 15) is 9.59 Å². The lowest BCUT2D eigenvalue weighted by Gasteiger charge is -2.19. The van der Waals surface area contributed by atoms with Crippen molar-refractivity contribution < 1.29 is 9.59 Å².